The van der Waals surface area contributed by atoms with Gasteiger partial charge in [-0.1, -0.05) is 0 Å². The molecule has 0 saturated carbocycles. The summed E-state index contributed by atoms with van der Waals surface area (Å²) in [4.78, 5) is 27.7. The maximum absolute atomic E-state index is 12.9. The number of fused-ring (bicyclic) bond motifs is 1. The molecule has 3 aromatic rings. The van der Waals surface area contributed by atoms with Gasteiger partial charge in [0.05, 0.1) is 11.0 Å². The molecule has 1 saturated heterocycles. The Hall–Kier alpha value is -2.83. The van der Waals surface area contributed by atoms with Crippen molar-refractivity contribution in [2.75, 3.05) is 13.1 Å². The lowest BCUT2D eigenvalue weighted by Gasteiger charge is -2.31. The van der Waals surface area contributed by atoms with E-state index in [1.165, 1.54) is 0 Å². The molecular formula is C17H18N6O. The number of piperidine rings is 1. The second-order valence-electron chi connectivity index (χ2n) is 6.13. The van der Waals surface area contributed by atoms with Crippen LogP contribution in [0.5, 0.6) is 0 Å². The third-order valence-corrected chi connectivity index (χ3v) is 4.40. The van der Waals surface area contributed by atoms with Crippen LogP contribution in [0.3, 0.4) is 0 Å². The molecule has 7 nitrogen and oxygen atoms in total. The first kappa shape index (κ1) is 14.7. The molecule has 0 radical (unpaired) electrons. The Labute approximate surface area is 139 Å². The third-order valence-electron chi connectivity index (χ3n) is 4.40. The second kappa shape index (κ2) is 5.99. The molecule has 0 aliphatic carbocycles. The van der Waals surface area contributed by atoms with Crippen LogP contribution in [-0.2, 0) is 0 Å². The number of aryl methyl sites for hydroxylation is 1. The zero-order valence-corrected chi connectivity index (χ0v) is 13.4. The van der Waals surface area contributed by atoms with Crippen LogP contribution in [0.1, 0.15) is 40.8 Å². The van der Waals surface area contributed by atoms with Crippen LogP contribution in [-0.4, -0.2) is 49.0 Å². The van der Waals surface area contributed by atoms with Crippen LogP contribution in [0.4, 0.5) is 0 Å². The van der Waals surface area contributed by atoms with Gasteiger partial charge in [0.15, 0.2) is 5.82 Å². The molecular weight excluding hydrogens is 304 g/mol. The molecule has 1 unspecified atom stereocenters. The average molecular weight is 322 g/mol. The number of nitrogens with zero attached hydrogens (tertiary/aromatic N) is 5. The minimum atomic E-state index is 0.0273. The SMILES string of the molecule is Cc1nc(C2CCCN(C(=O)c3ccc4nccnc4c3)C2)n[nH]1. The van der Waals surface area contributed by atoms with Gasteiger partial charge in [0.1, 0.15) is 5.82 Å². The van der Waals surface area contributed by atoms with E-state index in [4.69, 9.17) is 0 Å². The maximum atomic E-state index is 12.9. The molecule has 4 rings (SSSR count). The lowest BCUT2D eigenvalue weighted by molar-refractivity contribution is 0.0705. The molecule has 122 valence electrons. The van der Waals surface area contributed by atoms with Gasteiger partial charge in [0.2, 0.25) is 0 Å². The maximum Gasteiger partial charge on any atom is 0.253 e. The quantitative estimate of drug-likeness (QED) is 0.780. The van der Waals surface area contributed by atoms with E-state index >= 15 is 0 Å². The number of nitrogens with one attached hydrogen (secondary N) is 1. The van der Waals surface area contributed by atoms with Crippen LogP contribution < -0.4 is 0 Å². The van der Waals surface area contributed by atoms with Gasteiger partial charge >= 0.3 is 0 Å². The van der Waals surface area contributed by atoms with Crippen LogP contribution in [0.25, 0.3) is 11.0 Å². The summed E-state index contributed by atoms with van der Waals surface area (Å²) in [6.45, 7) is 3.30. The molecule has 1 N–H and O–H groups in total. The summed E-state index contributed by atoms with van der Waals surface area (Å²) in [6, 6.07) is 5.47. The van der Waals surface area contributed by atoms with E-state index in [0.29, 0.717) is 12.1 Å². The molecule has 2 aromatic heterocycles. The Bertz CT molecular complexity index is 889. The minimum absolute atomic E-state index is 0.0273. The van der Waals surface area contributed by atoms with Gasteiger partial charge in [-0.15, -0.1) is 0 Å². The van der Waals surface area contributed by atoms with E-state index in [0.717, 1.165) is 42.1 Å². The Morgan fingerprint density at radius 2 is 2.08 bits per heavy atom. The highest BCUT2D eigenvalue weighted by Crippen LogP contribution is 2.25. The Morgan fingerprint density at radius 3 is 2.88 bits per heavy atom. The summed E-state index contributed by atoms with van der Waals surface area (Å²) in [5, 5.41) is 7.14. The summed E-state index contributed by atoms with van der Waals surface area (Å²) >= 11 is 0. The Balaban J connectivity index is 1.56. The number of carbonyl (C=O) groups excluding carboxylic acids is 1. The summed E-state index contributed by atoms with van der Waals surface area (Å²) in [5.74, 6) is 1.82. The van der Waals surface area contributed by atoms with Gasteiger partial charge in [0, 0.05) is 37.0 Å². The molecule has 24 heavy (non-hydrogen) atoms. The standard InChI is InChI=1S/C17H18N6O/c1-11-20-16(22-21-11)13-3-2-8-23(10-13)17(24)12-4-5-14-15(9-12)19-7-6-18-14/h4-7,9,13H,2-3,8,10H2,1H3,(H,20,21,22). The number of hydrogen-bond donors (Lipinski definition) is 1. The highest BCUT2D eigenvalue weighted by atomic mass is 16.2. The van der Waals surface area contributed by atoms with Crippen molar-refractivity contribution in [2.24, 2.45) is 0 Å². The van der Waals surface area contributed by atoms with Crippen molar-refractivity contribution >= 4 is 16.9 Å². The normalized spacial score (nSPS) is 18.0. The van der Waals surface area contributed by atoms with E-state index in [1.807, 2.05) is 30.0 Å². The summed E-state index contributed by atoms with van der Waals surface area (Å²) in [7, 11) is 0. The Morgan fingerprint density at radius 1 is 1.25 bits per heavy atom. The smallest absolute Gasteiger partial charge is 0.253 e. The lowest BCUT2D eigenvalue weighted by Crippen LogP contribution is -2.39. The van der Waals surface area contributed by atoms with E-state index in [9.17, 15) is 4.79 Å². The van der Waals surface area contributed by atoms with Crippen molar-refractivity contribution in [1.29, 1.82) is 0 Å². The number of carbonyl (C=O) groups is 1. The first-order valence-electron chi connectivity index (χ1n) is 8.09. The number of hydrogen-bond acceptors (Lipinski definition) is 5. The predicted octanol–water partition coefficient (Wildman–Crippen LogP) is 2.08. The van der Waals surface area contributed by atoms with Gasteiger partial charge in [-0.3, -0.25) is 19.9 Å². The molecule has 1 atom stereocenters. The number of H-pyrrole nitrogens is 1. The number of amides is 1. The van der Waals surface area contributed by atoms with Gasteiger partial charge in [-0.05, 0) is 38.0 Å². The molecule has 1 aliphatic rings. The molecule has 1 amide bonds. The van der Waals surface area contributed by atoms with Crippen LogP contribution in [0, 0.1) is 6.92 Å². The fourth-order valence-electron chi connectivity index (χ4n) is 3.19. The fraction of sp³-hybridized carbons (Fsp3) is 0.353. The highest BCUT2D eigenvalue weighted by Gasteiger charge is 2.27. The number of benzene rings is 1. The van der Waals surface area contributed by atoms with Crippen LogP contribution in [0.15, 0.2) is 30.6 Å². The topological polar surface area (TPSA) is 87.7 Å². The van der Waals surface area contributed by atoms with Crippen molar-refractivity contribution in [3.8, 4) is 0 Å². The number of aromatic amines is 1. The summed E-state index contributed by atoms with van der Waals surface area (Å²) in [6.07, 6.45) is 5.25. The van der Waals surface area contributed by atoms with Gasteiger partial charge < -0.3 is 4.90 Å². The van der Waals surface area contributed by atoms with Crippen molar-refractivity contribution in [3.05, 3.63) is 47.8 Å². The number of aromatic nitrogens is 5. The zero-order valence-electron chi connectivity index (χ0n) is 13.4. The first-order valence-corrected chi connectivity index (χ1v) is 8.09. The molecule has 1 aromatic carbocycles. The first-order chi connectivity index (χ1) is 11.7. The van der Waals surface area contributed by atoms with E-state index in [-0.39, 0.29) is 11.8 Å². The van der Waals surface area contributed by atoms with E-state index in [1.54, 1.807) is 12.4 Å². The third kappa shape index (κ3) is 2.73. The largest absolute Gasteiger partial charge is 0.338 e. The summed E-state index contributed by atoms with van der Waals surface area (Å²) < 4.78 is 0. The zero-order chi connectivity index (χ0) is 16.5. The highest BCUT2D eigenvalue weighted by molar-refractivity contribution is 5.97. The average Bonchev–Trinajstić information content (AvgIpc) is 3.07. The van der Waals surface area contributed by atoms with Gasteiger partial charge in [-0.25, -0.2) is 4.98 Å². The van der Waals surface area contributed by atoms with Crippen LogP contribution in [0.2, 0.25) is 0 Å². The minimum Gasteiger partial charge on any atom is -0.338 e. The van der Waals surface area contributed by atoms with Crippen molar-refractivity contribution in [2.45, 2.75) is 25.7 Å². The number of likely N-dealkylation sites (tertiary alicyclic amines) is 1. The predicted molar refractivity (Wildman–Crippen MR) is 88.5 cm³/mol. The van der Waals surface area contributed by atoms with Gasteiger partial charge in [0.25, 0.3) is 5.91 Å². The molecule has 0 bridgehead atoms. The van der Waals surface area contributed by atoms with Crippen LogP contribution >= 0.6 is 0 Å². The molecule has 1 fully saturated rings. The van der Waals surface area contributed by atoms with Crippen molar-refractivity contribution in [3.63, 3.8) is 0 Å². The molecule has 7 heteroatoms. The van der Waals surface area contributed by atoms with Crippen molar-refractivity contribution in [1.82, 2.24) is 30.0 Å². The fourth-order valence-corrected chi connectivity index (χ4v) is 3.19. The lowest BCUT2D eigenvalue weighted by atomic mass is 9.96. The number of rotatable bonds is 2. The Kier molecular flexibility index (Phi) is 3.68. The van der Waals surface area contributed by atoms with E-state index in [2.05, 4.69) is 25.1 Å². The summed E-state index contributed by atoms with van der Waals surface area (Å²) in [5.41, 5.74) is 2.18. The molecule has 1 aliphatic heterocycles. The van der Waals surface area contributed by atoms with Gasteiger partial charge in [-0.2, -0.15) is 5.10 Å². The monoisotopic (exact) mass is 322 g/mol. The molecule has 3 heterocycles. The van der Waals surface area contributed by atoms with Crippen molar-refractivity contribution < 1.29 is 4.79 Å². The second-order valence-corrected chi connectivity index (χ2v) is 6.13. The molecule has 0 spiro atoms. The van der Waals surface area contributed by atoms with E-state index < -0.39 is 0 Å².